The zero-order valence-electron chi connectivity index (χ0n) is 11.2. The number of unbranched alkanes of at least 4 members (excludes halogenated alkanes) is 1. The van der Waals surface area contributed by atoms with Gasteiger partial charge in [-0.05, 0) is 25.7 Å². The summed E-state index contributed by atoms with van der Waals surface area (Å²) in [5.41, 5.74) is 4.98. The number of nitrogens with two attached hydrogens (primary N) is 1. The van der Waals surface area contributed by atoms with E-state index in [1.54, 1.807) is 0 Å². The molecule has 8 nitrogen and oxygen atoms in total. The number of carbonyl (C=O) groups is 2. The van der Waals surface area contributed by atoms with Gasteiger partial charge >= 0.3 is 5.97 Å². The van der Waals surface area contributed by atoms with Crippen molar-refractivity contribution in [1.29, 1.82) is 0 Å². The third kappa shape index (κ3) is 5.43. The van der Waals surface area contributed by atoms with Crippen LogP contribution in [0.2, 0.25) is 0 Å². The van der Waals surface area contributed by atoms with Crippen LogP contribution in [0.3, 0.4) is 0 Å². The molecule has 20 heavy (non-hydrogen) atoms. The number of nitrogens with one attached hydrogen (secondary N) is 1. The number of primary amides is 1. The summed E-state index contributed by atoms with van der Waals surface area (Å²) in [6, 6.07) is 0. The van der Waals surface area contributed by atoms with E-state index in [9.17, 15) is 18.0 Å². The van der Waals surface area contributed by atoms with Crippen molar-refractivity contribution >= 4 is 22.1 Å². The van der Waals surface area contributed by atoms with Crippen molar-refractivity contribution in [3.63, 3.8) is 0 Å². The standard InChI is InChI=1S/C11H21N3O5S/c12-10(15)5-1-2-6-13-20(18,19)14-7-3-4-9(8-14)11(16)17/h9,13H,1-8H2,(H2,12,15)(H,16,17). The van der Waals surface area contributed by atoms with E-state index in [1.165, 1.54) is 4.31 Å². The van der Waals surface area contributed by atoms with Gasteiger partial charge in [-0.1, -0.05) is 0 Å². The molecule has 1 amide bonds. The Bertz CT molecular complexity index is 451. The first-order valence-corrected chi connectivity index (χ1v) is 8.03. The van der Waals surface area contributed by atoms with E-state index in [1.807, 2.05) is 0 Å². The Labute approximate surface area is 118 Å². The van der Waals surface area contributed by atoms with Crippen molar-refractivity contribution in [1.82, 2.24) is 9.03 Å². The van der Waals surface area contributed by atoms with E-state index >= 15 is 0 Å². The molecule has 1 rings (SSSR count). The van der Waals surface area contributed by atoms with Crippen molar-refractivity contribution in [2.24, 2.45) is 11.7 Å². The fourth-order valence-electron chi connectivity index (χ4n) is 2.08. The number of carboxylic acid groups (broad SMARTS) is 1. The quantitative estimate of drug-likeness (QED) is 0.509. The average Bonchev–Trinajstić information content (AvgIpc) is 2.38. The first-order chi connectivity index (χ1) is 9.33. The van der Waals surface area contributed by atoms with Gasteiger partial charge in [0.1, 0.15) is 0 Å². The summed E-state index contributed by atoms with van der Waals surface area (Å²) in [6.45, 7) is 0.552. The summed E-state index contributed by atoms with van der Waals surface area (Å²) in [5.74, 6) is -2.02. The van der Waals surface area contributed by atoms with Crippen LogP contribution in [0.4, 0.5) is 0 Å². The normalized spacial score (nSPS) is 20.7. The maximum absolute atomic E-state index is 12.0. The van der Waals surface area contributed by atoms with Gasteiger partial charge in [-0.3, -0.25) is 9.59 Å². The van der Waals surface area contributed by atoms with Gasteiger partial charge < -0.3 is 10.8 Å². The van der Waals surface area contributed by atoms with Crippen molar-refractivity contribution in [3.05, 3.63) is 0 Å². The number of rotatable bonds is 8. The molecule has 0 radical (unpaired) electrons. The van der Waals surface area contributed by atoms with Crippen LogP contribution in [0.25, 0.3) is 0 Å². The fourth-order valence-corrected chi connectivity index (χ4v) is 3.41. The molecule has 0 aromatic carbocycles. The lowest BCUT2D eigenvalue weighted by atomic mass is 10.0. The lowest BCUT2D eigenvalue weighted by molar-refractivity contribution is -0.142. The second-order valence-electron chi connectivity index (χ2n) is 4.86. The number of piperidine rings is 1. The Morgan fingerprint density at radius 3 is 2.65 bits per heavy atom. The molecule has 9 heteroatoms. The highest BCUT2D eigenvalue weighted by molar-refractivity contribution is 7.87. The summed E-state index contributed by atoms with van der Waals surface area (Å²) < 4.78 is 27.5. The minimum absolute atomic E-state index is 0.00591. The smallest absolute Gasteiger partial charge is 0.307 e. The first-order valence-electron chi connectivity index (χ1n) is 6.59. The van der Waals surface area contributed by atoms with Gasteiger partial charge in [0.15, 0.2) is 0 Å². The van der Waals surface area contributed by atoms with Crippen LogP contribution in [0.5, 0.6) is 0 Å². The van der Waals surface area contributed by atoms with Crippen LogP contribution in [0, 0.1) is 5.92 Å². The van der Waals surface area contributed by atoms with E-state index in [2.05, 4.69) is 4.72 Å². The Morgan fingerprint density at radius 2 is 2.05 bits per heavy atom. The molecule has 0 saturated carbocycles. The molecule has 1 fully saturated rings. The number of carbonyl (C=O) groups excluding carboxylic acids is 1. The lowest BCUT2D eigenvalue weighted by Crippen LogP contribution is -2.47. The SMILES string of the molecule is NC(=O)CCCCNS(=O)(=O)N1CCCC(C(=O)O)C1. The van der Waals surface area contributed by atoms with Gasteiger partial charge in [0, 0.05) is 26.1 Å². The molecule has 1 heterocycles. The molecule has 0 spiro atoms. The molecule has 0 aliphatic carbocycles. The number of carboxylic acids is 1. The third-order valence-electron chi connectivity index (χ3n) is 3.21. The average molecular weight is 307 g/mol. The Balaban J connectivity index is 2.39. The van der Waals surface area contributed by atoms with Crippen molar-refractivity contribution in [2.75, 3.05) is 19.6 Å². The lowest BCUT2D eigenvalue weighted by Gasteiger charge is -2.29. The van der Waals surface area contributed by atoms with Crippen LogP contribution in [-0.2, 0) is 19.8 Å². The topological polar surface area (TPSA) is 130 Å². The molecule has 1 saturated heterocycles. The van der Waals surface area contributed by atoms with Gasteiger partial charge in [-0.25, -0.2) is 4.72 Å². The second kappa shape index (κ2) is 7.55. The monoisotopic (exact) mass is 307 g/mol. The zero-order valence-corrected chi connectivity index (χ0v) is 12.1. The molecule has 1 unspecified atom stereocenters. The third-order valence-corrected chi connectivity index (χ3v) is 4.79. The van der Waals surface area contributed by atoms with Gasteiger partial charge in [-0.2, -0.15) is 12.7 Å². The molecular weight excluding hydrogens is 286 g/mol. The predicted octanol–water partition coefficient (Wildman–Crippen LogP) is -0.727. The molecule has 1 aliphatic rings. The van der Waals surface area contributed by atoms with E-state index in [0.717, 1.165) is 0 Å². The molecule has 1 atom stereocenters. The van der Waals surface area contributed by atoms with Crippen LogP contribution in [0.1, 0.15) is 32.1 Å². The molecule has 0 aromatic heterocycles. The van der Waals surface area contributed by atoms with E-state index in [4.69, 9.17) is 10.8 Å². The van der Waals surface area contributed by atoms with Crippen molar-refractivity contribution < 1.29 is 23.1 Å². The minimum Gasteiger partial charge on any atom is -0.481 e. The van der Waals surface area contributed by atoms with Gasteiger partial charge in [0.25, 0.3) is 10.2 Å². The van der Waals surface area contributed by atoms with Gasteiger partial charge in [-0.15, -0.1) is 0 Å². The zero-order chi connectivity index (χ0) is 15.2. The second-order valence-corrected chi connectivity index (χ2v) is 6.61. The van der Waals surface area contributed by atoms with Crippen LogP contribution in [-0.4, -0.2) is 49.3 Å². The van der Waals surface area contributed by atoms with Gasteiger partial charge in [0.2, 0.25) is 5.91 Å². The highest BCUT2D eigenvalue weighted by Crippen LogP contribution is 2.18. The summed E-state index contributed by atoms with van der Waals surface area (Å²) in [5, 5.41) is 8.93. The molecule has 4 N–H and O–H groups in total. The summed E-state index contributed by atoms with van der Waals surface area (Å²) >= 11 is 0. The minimum atomic E-state index is -3.65. The van der Waals surface area contributed by atoms with Crippen LogP contribution < -0.4 is 10.5 Å². The largest absolute Gasteiger partial charge is 0.481 e. The summed E-state index contributed by atoms with van der Waals surface area (Å²) in [6.07, 6.45) is 2.31. The first kappa shape index (κ1) is 16.9. The van der Waals surface area contributed by atoms with Crippen LogP contribution >= 0.6 is 0 Å². The number of nitrogens with zero attached hydrogens (tertiary/aromatic N) is 1. The number of hydrogen-bond donors (Lipinski definition) is 3. The van der Waals surface area contributed by atoms with Crippen molar-refractivity contribution in [3.8, 4) is 0 Å². The number of amides is 1. The summed E-state index contributed by atoms with van der Waals surface area (Å²) in [7, 11) is -3.65. The summed E-state index contributed by atoms with van der Waals surface area (Å²) in [4.78, 5) is 21.4. The van der Waals surface area contributed by atoms with Crippen molar-refractivity contribution in [2.45, 2.75) is 32.1 Å². The maximum atomic E-state index is 12.0. The fraction of sp³-hybridized carbons (Fsp3) is 0.818. The van der Waals surface area contributed by atoms with E-state index in [-0.39, 0.29) is 19.5 Å². The predicted molar refractivity (Wildman–Crippen MR) is 71.9 cm³/mol. The molecular formula is C11H21N3O5S. The Morgan fingerprint density at radius 1 is 1.35 bits per heavy atom. The number of aliphatic carboxylic acids is 1. The van der Waals surface area contributed by atoms with Crippen LogP contribution in [0.15, 0.2) is 0 Å². The highest BCUT2D eigenvalue weighted by Gasteiger charge is 2.31. The maximum Gasteiger partial charge on any atom is 0.307 e. The molecule has 1 aliphatic heterocycles. The van der Waals surface area contributed by atoms with Gasteiger partial charge in [0.05, 0.1) is 5.92 Å². The molecule has 0 aromatic rings. The van der Waals surface area contributed by atoms with E-state index in [0.29, 0.717) is 32.2 Å². The number of hydrogen-bond acceptors (Lipinski definition) is 4. The van der Waals surface area contributed by atoms with E-state index < -0.39 is 28.0 Å². The molecule has 0 bridgehead atoms. The molecule has 116 valence electrons. The Kier molecular flexibility index (Phi) is 6.37. The Hall–Kier alpha value is -1.19. The highest BCUT2D eigenvalue weighted by atomic mass is 32.2.